The molecule has 0 aliphatic carbocycles. The van der Waals surface area contributed by atoms with Crippen LogP contribution >= 0.6 is 0 Å². The van der Waals surface area contributed by atoms with Gasteiger partial charge in [-0.15, -0.1) is 0 Å². The first kappa shape index (κ1) is 19.4. The summed E-state index contributed by atoms with van der Waals surface area (Å²) in [6.07, 6.45) is 1.60. The molecule has 1 amide bonds. The third-order valence-electron chi connectivity index (χ3n) is 4.89. The van der Waals surface area contributed by atoms with Crippen LogP contribution in [-0.2, 0) is 4.79 Å². The molecule has 0 bridgehead atoms. The van der Waals surface area contributed by atoms with Gasteiger partial charge in [0.15, 0.2) is 5.78 Å². The zero-order valence-corrected chi connectivity index (χ0v) is 15.7. The summed E-state index contributed by atoms with van der Waals surface area (Å²) in [4.78, 5) is 27.0. The highest BCUT2D eigenvalue weighted by atomic mass is 16.5. The molecule has 5 heteroatoms. The number of rotatable bonds is 7. The Labute approximate surface area is 150 Å². The Morgan fingerprint density at radius 1 is 1.16 bits per heavy atom. The molecule has 1 aliphatic heterocycles. The van der Waals surface area contributed by atoms with Gasteiger partial charge in [0.05, 0.1) is 13.2 Å². The number of Topliss-reactive ketones (excluding diaryl/α,β-unsaturated/α-hetero) is 1. The number of nitrogens with zero attached hydrogens (tertiary/aromatic N) is 1. The van der Waals surface area contributed by atoms with Crippen LogP contribution in [0, 0.1) is 11.8 Å². The SMILES string of the molecule is COc1ccc(C(=O)C2CCN([C@H](C)C(=O)NCC(C)C)CC2)cc1. The van der Waals surface area contributed by atoms with Gasteiger partial charge in [0, 0.05) is 18.0 Å². The predicted molar refractivity (Wildman–Crippen MR) is 98.9 cm³/mol. The number of methoxy groups -OCH3 is 1. The number of carbonyl (C=O) groups excluding carboxylic acids is 2. The maximum absolute atomic E-state index is 12.6. The standard InChI is InChI=1S/C20H30N2O3/c1-14(2)13-21-20(24)15(3)22-11-9-17(10-12-22)19(23)16-5-7-18(25-4)8-6-16/h5-8,14-15,17H,9-13H2,1-4H3,(H,21,24)/t15-/m1/s1. The van der Waals surface area contributed by atoms with Gasteiger partial charge in [-0.2, -0.15) is 0 Å². The third-order valence-corrected chi connectivity index (χ3v) is 4.89. The van der Waals surface area contributed by atoms with Crippen molar-refractivity contribution in [2.24, 2.45) is 11.8 Å². The van der Waals surface area contributed by atoms with Crippen molar-refractivity contribution in [1.29, 1.82) is 0 Å². The largest absolute Gasteiger partial charge is 0.497 e. The number of hydrogen-bond donors (Lipinski definition) is 1. The second-order valence-electron chi connectivity index (χ2n) is 7.22. The van der Waals surface area contributed by atoms with Gasteiger partial charge in [-0.1, -0.05) is 13.8 Å². The number of ketones is 1. The number of ether oxygens (including phenoxy) is 1. The van der Waals surface area contributed by atoms with Crippen molar-refractivity contribution in [3.05, 3.63) is 29.8 Å². The van der Waals surface area contributed by atoms with Crippen LogP contribution < -0.4 is 10.1 Å². The topological polar surface area (TPSA) is 58.6 Å². The van der Waals surface area contributed by atoms with E-state index < -0.39 is 0 Å². The van der Waals surface area contributed by atoms with Gasteiger partial charge in [0.1, 0.15) is 5.75 Å². The molecule has 2 rings (SSSR count). The smallest absolute Gasteiger partial charge is 0.237 e. The van der Waals surface area contributed by atoms with E-state index in [0.29, 0.717) is 12.5 Å². The van der Waals surface area contributed by atoms with E-state index in [1.165, 1.54) is 0 Å². The maximum atomic E-state index is 12.6. The van der Waals surface area contributed by atoms with Crippen molar-refractivity contribution >= 4 is 11.7 Å². The van der Waals surface area contributed by atoms with Crippen molar-refractivity contribution in [2.45, 2.75) is 39.7 Å². The first-order valence-corrected chi connectivity index (χ1v) is 9.12. The summed E-state index contributed by atoms with van der Waals surface area (Å²) < 4.78 is 5.14. The summed E-state index contributed by atoms with van der Waals surface area (Å²) >= 11 is 0. The second-order valence-corrected chi connectivity index (χ2v) is 7.22. The molecule has 1 atom stereocenters. The van der Waals surface area contributed by atoms with Crippen molar-refractivity contribution < 1.29 is 14.3 Å². The molecule has 0 saturated carbocycles. The molecule has 1 saturated heterocycles. The number of hydrogen-bond acceptors (Lipinski definition) is 4. The highest BCUT2D eigenvalue weighted by Gasteiger charge is 2.30. The molecule has 5 nitrogen and oxygen atoms in total. The van der Waals surface area contributed by atoms with Crippen LogP contribution in [-0.4, -0.2) is 49.4 Å². The molecule has 1 N–H and O–H groups in total. The van der Waals surface area contributed by atoms with E-state index in [0.717, 1.165) is 37.2 Å². The highest BCUT2D eigenvalue weighted by Crippen LogP contribution is 2.24. The predicted octanol–water partition coefficient (Wildman–Crippen LogP) is 2.75. The zero-order chi connectivity index (χ0) is 18.4. The summed E-state index contributed by atoms with van der Waals surface area (Å²) in [6.45, 7) is 8.38. The summed E-state index contributed by atoms with van der Waals surface area (Å²) in [6, 6.07) is 7.16. The number of likely N-dealkylation sites (tertiary alicyclic amines) is 1. The molecule has 1 aromatic rings. The van der Waals surface area contributed by atoms with Crippen molar-refractivity contribution in [3.63, 3.8) is 0 Å². The van der Waals surface area contributed by atoms with E-state index in [9.17, 15) is 9.59 Å². The number of nitrogens with one attached hydrogen (secondary N) is 1. The second kappa shape index (κ2) is 8.99. The molecule has 0 spiro atoms. The van der Waals surface area contributed by atoms with Crippen molar-refractivity contribution in [2.75, 3.05) is 26.7 Å². The molecule has 1 heterocycles. The van der Waals surface area contributed by atoms with Crippen LogP contribution in [0.25, 0.3) is 0 Å². The first-order valence-electron chi connectivity index (χ1n) is 9.12. The maximum Gasteiger partial charge on any atom is 0.237 e. The Kier molecular flexibility index (Phi) is 7.00. The Morgan fingerprint density at radius 2 is 1.76 bits per heavy atom. The van der Waals surface area contributed by atoms with Gasteiger partial charge < -0.3 is 10.1 Å². The van der Waals surface area contributed by atoms with Gasteiger partial charge in [0.25, 0.3) is 0 Å². The lowest BCUT2D eigenvalue weighted by Crippen LogP contribution is -2.49. The third kappa shape index (κ3) is 5.30. The Balaban J connectivity index is 1.85. The van der Waals surface area contributed by atoms with Crippen LogP contribution in [0.15, 0.2) is 24.3 Å². The van der Waals surface area contributed by atoms with Crippen LogP contribution in [0.1, 0.15) is 44.0 Å². The molecule has 1 aromatic carbocycles. The molecule has 1 aliphatic rings. The lowest BCUT2D eigenvalue weighted by molar-refractivity contribution is -0.126. The number of benzene rings is 1. The monoisotopic (exact) mass is 346 g/mol. The molecule has 0 radical (unpaired) electrons. The average Bonchev–Trinajstić information content (AvgIpc) is 2.65. The van der Waals surface area contributed by atoms with E-state index in [1.54, 1.807) is 7.11 Å². The zero-order valence-electron chi connectivity index (χ0n) is 15.7. The summed E-state index contributed by atoms with van der Waals surface area (Å²) in [5.74, 6) is 1.51. The van der Waals surface area contributed by atoms with Crippen molar-refractivity contribution in [1.82, 2.24) is 10.2 Å². The van der Waals surface area contributed by atoms with Crippen LogP contribution in [0.2, 0.25) is 0 Å². The van der Waals surface area contributed by atoms with E-state index in [1.807, 2.05) is 31.2 Å². The molecule has 0 unspecified atom stereocenters. The number of carbonyl (C=O) groups is 2. The molecular weight excluding hydrogens is 316 g/mol. The summed E-state index contributed by atoms with van der Waals surface area (Å²) in [5.41, 5.74) is 0.738. The lowest BCUT2D eigenvalue weighted by atomic mass is 9.88. The quantitative estimate of drug-likeness (QED) is 0.771. The Morgan fingerprint density at radius 3 is 2.28 bits per heavy atom. The highest BCUT2D eigenvalue weighted by molar-refractivity contribution is 5.98. The fraction of sp³-hybridized carbons (Fsp3) is 0.600. The van der Waals surface area contributed by atoms with Crippen LogP contribution in [0.4, 0.5) is 0 Å². The summed E-state index contributed by atoms with van der Waals surface area (Å²) in [7, 11) is 1.62. The van der Waals surface area contributed by atoms with Crippen molar-refractivity contribution in [3.8, 4) is 5.75 Å². The molecular formula is C20H30N2O3. The van der Waals surface area contributed by atoms with E-state index in [2.05, 4.69) is 24.1 Å². The molecule has 138 valence electrons. The van der Waals surface area contributed by atoms with Gasteiger partial charge in [-0.25, -0.2) is 0 Å². The first-order chi connectivity index (χ1) is 11.9. The van der Waals surface area contributed by atoms with Crippen LogP contribution in [0.5, 0.6) is 5.75 Å². The van der Waals surface area contributed by atoms with E-state index in [4.69, 9.17) is 4.74 Å². The minimum absolute atomic E-state index is 0.0376. The van der Waals surface area contributed by atoms with Gasteiger partial charge in [-0.05, 0) is 63.0 Å². The molecule has 1 fully saturated rings. The lowest BCUT2D eigenvalue weighted by Gasteiger charge is -2.34. The Hall–Kier alpha value is -1.88. The molecule has 25 heavy (non-hydrogen) atoms. The van der Waals surface area contributed by atoms with E-state index >= 15 is 0 Å². The fourth-order valence-electron chi connectivity index (χ4n) is 3.16. The summed E-state index contributed by atoms with van der Waals surface area (Å²) in [5, 5.41) is 2.99. The van der Waals surface area contributed by atoms with E-state index in [-0.39, 0.29) is 23.7 Å². The van der Waals surface area contributed by atoms with Gasteiger partial charge in [0.2, 0.25) is 5.91 Å². The minimum atomic E-state index is -0.143. The van der Waals surface area contributed by atoms with Gasteiger partial charge in [-0.3, -0.25) is 14.5 Å². The normalized spacial score (nSPS) is 17.3. The van der Waals surface area contributed by atoms with Crippen LogP contribution in [0.3, 0.4) is 0 Å². The fourth-order valence-corrected chi connectivity index (χ4v) is 3.16. The number of piperidine rings is 1. The number of amides is 1. The molecule has 0 aromatic heterocycles. The minimum Gasteiger partial charge on any atom is -0.497 e. The average molecular weight is 346 g/mol. The van der Waals surface area contributed by atoms with Gasteiger partial charge >= 0.3 is 0 Å². The Bertz CT molecular complexity index is 575.